The number of nitrogens with one attached hydrogen (secondary N) is 1. The van der Waals surface area contributed by atoms with Crippen molar-refractivity contribution in [3.05, 3.63) is 42.5 Å². The molecule has 1 nitrogen and oxygen atoms in total. The van der Waals surface area contributed by atoms with E-state index < -0.39 is 0 Å². The highest BCUT2D eigenvalue weighted by Crippen LogP contribution is 2.22. The van der Waals surface area contributed by atoms with Crippen LogP contribution in [0.2, 0.25) is 0 Å². The zero-order chi connectivity index (χ0) is 11.1. The minimum absolute atomic E-state index is 0.561. The Kier molecular flexibility index (Phi) is 4.96. The lowest BCUT2D eigenvalue weighted by molar-refractivity contribution is 0.782. The molecule has 0 radical (unpaired) electrons. The molecule has 1 N–H and O–H groups in total. The van der Waals surface area contributed by atoms with Gasteiger partial charge < -0.3 is 5.32 Å². The van der Waals surface area contributed by atoms with Gasteiger partial charge in [0.1, 0.15) is 0 Å². The fraction of sp³-hybridized carbons (Fsp3) is 0.429. The summed E-state index contributed by atoms with van der Waals surface area (Å²) < 4.78 is 0. The van der Waals surface area contributed by atoms with Gasteiger partial charge in [-0.25, -0.2) is 0 Å². The molecule has 1 aromatic rings. The van der Waals surface area contributed by atoms with E-state index in [2.05, 4.69) is 50.0 Å². The van der Waals surface area contributed by atoms with Crippen LogP contribution in [0.3, 0.4) is 0 Å². The van der Waals surface area contributed by atoms with E-state index in [0.29, 0.717) is 5.92 Å². The SMILES string of the molecule is C=CCC(C)c1cccc(NCCC)c1. The standard InChI is InChI=1S/C14H21N/c1-4-7-12(3)13-8-6-9-14(11-13)15-10-5-2/h4,6,8-9,11-12,15H,1,5,7,10H2,2-3H3. The molecule has 1 heteroatoms. The summed E-state index contributed by atoms with van der Waals surface area (Å²) in [6, 6.07) is 8.67. The Bertz CT molecular complexity index is 304. The summed E-state index contributed by atoms with van der Waals surface area (Å²) in [5.41, 5.74) is 2.61. The summed E-state index contributed by atoms with van der Waals surface area (Å²) in [5.74, 6) is 0.561. The lowest BCUT2D eigenvalue weighted by Gasteiger charge is -2.12. The molecule has 0 aliphatic rings. The van der Waals surface area contributed by atoms with Crippen molar-refractivity contribution in [2.45, 2.75) is 32.6 Å². The summed E-state index contributed by atoms with van der Waals surface area (Å²) in [6.45, 7) is 9.24. The quantitative estimate of drug-likeness (QED) is 0.684. The van der Waals surface area contributed by atoms with E-state index in [-0.39, 0.29) is 0 Å². The Hall–Kier alpha value is -1.24. The molecule has 0 saturated carbocycles. The van der Waals surface area contributed by atoms with Gasteiger partial charge in [-0.05, 0) is 36.5 Å². The van der Waals surface area contributed by atoms with E-state index in [4.69, 9.17) is 0 Å². The Morgan fingerprint density at radius 1 is 1.47 bits per heavy atom. The van der Waals surface area contributed by atoms with Crippen LogP contribution in [0.5, 0.6) is 0 Å². The maximum atomic E-state index is 3.78. The molecule has 0 heterocycles. The van der Waals surface area contributed by atoms with Crippen molar-refractivity contribution in [3.63, 3.8) is 0 Å². The Labute approximate surface area is 93.2 Å². The molecule has 1 unspecified atom stereocenters. The fourth-order valence-electron chi connectivity index (χ4n) is 1.61. The van der Waals surface area contributed by atoms with Gasteiger partial charge in [0.05, 0.1) is 0 Å². The molecule has 0 saturated heterocycles. The maximum absolute atomic E-state index is 3.78. The molecule has 0 spiro atoms. The third-order valence-electron chi connectivity index (χ3n) is 2.56. The highest BCUT2D eigenvalue weighted by Gasteiger charge is 2.03. The first-order chi connectivity index (χ1) is 7.27. The number of hydrogen-bond donors (Lipinski definition) is 1. The highest BCUT2D eigenvalue weighted by molar-refractivity contribution is 5.46. The molecule has 0 aliphatic carbocycles. The Balaban J connectivity index is 2.68. The molecular formula is C14H21N. The average molecular weight is 203 g/mol. The third-order valence-corrected chi connectivity index (χ3v) is 2.56. The topological polar surface area (TPSA) is 12.0 Å². The first-order valence-corrected chi connectivity index (χ1v) is 5.72. The number of hydrogen-bond acceptors (Lipinski definition) is 1. The second kappa shape index (κ2) is 6.28. The van der Waals surface area contributed by atoms with Crippen molar-refractivity contribution in [1.82, 2.24) is 0 Å². The molecule has 82 valence electrons. The van der Waals surface area contributed by atoms with E-state index >= 15 is 0 Å². The van der Waals surface area contributed by atoms with Gasteiger partial charge in [0, 0.05) is 12.2 Å². The summed E-state index contributed by atoms with van der Waals surface area (Å²) in [6.07, 6.45) is 4.18. The van der Waals surface area contributed by atoms with Crippen molar-refractivity contribution >= 4 is 5.69 Å². The second-order valence-corrected chi connectivity index (χ2v) is 3.98. The molecule has 0 fully saturated rings. The van der Waals surface area contributed by atoms with Crippen LogP contribution in [0.1, 0.15) is 38.2 Å². The van der Waals surface area contributed by atoms with Gasteiger partial charge in [0.25, 0.3) is 0 Å². The van der Waals surface area contributed by atoms with Gasteiger partial charge in [-0.15, -0.1) is 6.58 Å². The van der Waals surface area contributed by atoms with E-state index in [1.165, 1.54) is 11.3 Å². The molecule has 1 atom stereocenters. The normalized spacial score (nSPS) is 12.1. The maximum Gasteiger partial charge on any atom is 0.0343 e. The predicted octanol–water partition coefficient (Wildman–Crippen LogP) is 4.19. The third kappa shape index (κ3) is 3.78. The first-order valence-electron chi connectivity index (χ1n) is 5.72. The largest absolute Gasteiger partial charge is 0.385 e. The summed E-state index contributed by atoms with van der Waals surface area (Å²) >= 11 is 0. The number of allylic oxidation sites excluding steroid dienone is 1. The summed E-state index contributed by atoms with van der Waals surface area (Å²) in [4.78, 5) is 0. The molecule has 0 amide bonds. The van der Waals surface area contributed by atoms with Crippen LogP contribution < -0.4 is 5.32 Å². The summed E-state index contributed by atoms with van der Waals surface area (Å²) in [7, 11) is 0. The van der Waals surface area contributed by atoms with E-state index in [1.807, 2.05) is 6.08 Å². The zero-order valence-corrected chi connectivity index (χ0v) is 9.79. The van der Waals surface area contributed by atoms with Gasteiger partial charge in [0.15, 0.2) is 0 Å². The van der Waals surface area contributed by atoms with Gasteiger partial charge in [-0.2, -0.15) is 0 Å². The number of anilines is 1. The van der Waals surface area contributed by atoms with Crippen LogP contribution in [0, 0.1) is 0 Å². The lowest BCUT2D eigenvalue weighted by atomic mass is 9.97. The van der Waals surface area contributed by atoms with Gasteiger partial charge in [-0.3, -0.25) is 0 Å². The zero-order valence-electron chi connectivity index (χ0n) is 9.79. The summed E-state index contributed by atoms with van der Waals surface area (Å²) in [5, 5.41) is 3.41. The highest BCUT2D eigenvalue weighted by atomic mass is 14.9. The van der Waals surface area contributed by atoms with Crippen molar-refractivity contribution in [3.8, 4) is 0 Å². The van der Waals surface area contributed by atoms with Gasteiger partial charge >= 0.3 is 0 Å². The van der Waals surface area contributed by atoms with Crippen LogP contribution in [0.15, 0.2) is 36.9 Å². The first kappa shape index (κ1) is 11.8. The number of rotatable bonds is 6. The van der Waals surface area contributed by atoms with E-state index in [1.54, 1.807) is 0 Å². The lowest BCUT2D eigenvalue weighted by Crippen LogP contribution is -2.00. The predicted molar refractivity (Wildman–Crippen MR) is 68.5 cm³/mol. The minimum Gasteiger partial charge on any atom is -0.385 e. The molecule has 0 aliphatic heterocycles. The number of benzene rings is 1. The second-order valence-electron chi connectivity index (χ2n) is 3.98. The molecule has 0 aromatic heterocycles. The average Bonchev–Trinajstić information content (AvgIpc) is 2.27. The van der Waals surface area contributed by atoms with Crippen LogP contribution in [0.4, 0.5) is 5.69 Å². The molecular weight excluding hydrogens is 182 g/mol. The van der Waals surface area contributed by atoms with Gasteiger partial charge in [-0.1, -0.05) is 32.1 Å². The van der Waals surface area contributed by atoms with Crippen LogP contribution in [0.25, 0.3) is 0 Å². The van der Waals surface area contributed by atoms with Crippen molar-refractivity contribution in [2.75, 3.05) is 11.9 Å². The van der Waals surface area contributed by atoms with Crippen LogP contribution >= 0.6 is 0 Å². The minimum atomic E-state index is 0.561. The van der Waals surface area contributed by atoms with E-state index in [0.717, 1.165) is 19.4 Å². The van der Waals surface area contributed by atoms with Crippen molar-refractivity contribution < 1.29 is 0 Å². The Morgan fingerprint density at radius 3 is 2.93 bits per heavy atom. The van der Waals surface area contributed by atoms with E-state index in [9.17, 15) is 0 Å². The van der Waals surface area contributed by atoms with Crippen LogP contribution in [-0.4, -0.2) is 6.54 Å². The Morgan fingerprint density at radius 2 is 2.27 bits per heavy atom. The molecule has 15 heavy (non-hydrogen) atoms. The molecule has 0 bridgehead atoms. The van der Waals surface area contributed by atoms with Crippen molar-refractivity contribution in [2.24, 2.45) is 0 Å². The monoisotopic (exact) mass is 203 g/mol. The van der Waals surface area contributed by atoms with Crippen molar-refractivity contribution in [1.29, 1.82) is 0 Å². The molecule has 1 aromatic carbocycles. The van der Waals surface area contributed by atoms with Gasteiger partial charge in [0.2, 0.25) is 0 Å². The fourth-order valence-corrected chi connectivity index (χ4v) is 1.61. The smallest absolute Gasteiger partial charge is 0.0343 e. The molecule has 1 rings (SSSR count). The van der Waals surface area contributed by atoms with Crippen LogP contribution in [-0.2, 0) is 0 Å².